The normalized spacial score (nSPS) is 9.62. The molecule has 0 saturated heterocycles. The van der Waals surface area contributed by atoms with Crippen molar-refractivity contribution in [3.63, 3.8) is 0 Å². The summed E-state index contributed by atoms with van der Waals surface area (Å²) in [7, 11) is 0. The molecular formula is C26H35BrN2O10. The minimum Gasteiger partial charge on any atom is -0.508 e. The van der Waals surface area contributed by atoms with Crippen molar-refractivity contribution in [3.8, 4) is 11.5 Å². The number of halogens is 1. The molecule has 0 spiro atoms. The number of aromatic hydroxyl groups is 1. The number of esters is 2. The van der Waals surface area contributed by atoms with Crippen LogP contribution in [0, 0.1) is 20.2 Å². The Morgan fingerprint density at radius 1 is 0.769 bits per heavy atom. The van der Waals surface area contributed by atoms with Gasteiger partial charge in [0.1, 0.15) is 11.5 Å². The first-order valence-electron chi connectivity index (χ1n) is 12.3. The van der Waals surface area contributed by atoms with Crippen molar-refractivity contribution in [2.75, 3.05) is 25.2 Å². The van der Waals surface area contributed by atoms with Crippen molar-refractivity contribution in [2.24, 2.45) is 0 Å². The Kier molecular flexibility index (Phi) is 20.1. The summed E-state index contributed by atoms with van der Waals surface area (Å²) < 4.78 is 14.9. The molecule has 0 aromatic heterocycles. The monoisotopic (exact) mass is 614 g/mol. The van der Waals surface area contributed by atoms with Crippen molar-refractivity contribution in [3.05, 3.63) is 68.8 Å². The third-order valence-corrected chi connectivity index (χ3v) is 5.09. The molecule has 0 aliphatic heterocycles. The van der Waals surface area contributed by atoms with Crippen molar-refractivity contribution >= 4 is 39.2 Å². The number of carbonyl (C=O) groups excluding carboxylic acids is 2. The van der Waals surface area contributed by atoms with Crippen molar-refractivity contribution < 1.29 is 38.8 Å². The van der Waals surface area contributed by atoms with Crippen LogP contribution in [0.25, 0.3) is 0 Å². The molecule has 0 unspecified atom stereocenters. The fraction of sp³-hybridized carbons (Fsp3) is 0.462. The summed E-state index contributed by atoms with van der Waals surface area (Å²) in [6, 6.07) is 11.0. The van der Waals surface area contributed by atoms with Gasteiger partial charge in [0.05, 0.1) is 29.7 Å². The summed E-state index contributed by atoms with van der Waals surface area (Å²) in [5, 5.41) is 30.2. The van der Waals surface area contributed by atoms with Gasteiger partial charge in [-0.25, -0.2) is 0 Å². The number of phenolic OH excluding ortho intramolecular Hbond substituents is 1. The maximum atomic E-state index is 11.1. The van der Waals surface area contributed by atoms with Crippen LogP contribution >= 0.6 is 15.9 Å². The molecule has 39 heavy (non-hydrogen) atoms. The van der Waals surface area contributed by atoms with Gasteiger partial charge < -0.3 is 19.3 Å². The van der Waals surface area contributed by atoms with E-state index in [-0.39, 0.29) is 29.1 Å². The number of hydrogen-bond donors (Lipinski definition) is 1. The number of phenols is 1. The molecule has 0 aliphatic carbocycles. The third-order valence-electron chi connectivity index (χ3n) is 4.53. The number of alkyl halides is 1. The highest BCUT2D eigenvalue weighted by Gasteiger charge is 2.05. The molecule has 0 amide bonds. The van der Waals surface area contributed by atoms with Gasteiger partial charge in [-0.05, 0) is 63.8 Å². The highest BCUT2D eigenvalue weighted by atomic mass is 79.9. The number of rotatable bonds is 14. The number of nitrogens with zero attached hydrogens (tertiary/aromatic N) is 2. The molecular weight excluding hydrogens is 580 g/mol. The molecule has 12 nitrogen and oxygen atoms in total. The van der Waals surface area contributed by atoms with Crippen LogP contribution in [0.5, 0.6) is 11.5 Å². The predicted molar refractivity (Wildman–Crippen MR) is 148 cm³/mol. The molecule has 13 heteroatoms. The maximum absolute atomic E-state index is 11.1. The Bertz CT molecular complexity index is 985. The van der Waals surface area contributed by atoms with Crippen LogP contribution in [0.2, 0.25) is 0 Å². The summed E-state index contributed by atoms with van der Waals surface area (Å²) in [6.45, 7) is 4.96. The van der Waals surface area contributed by atoms with Crippen LogP contribution in [0.3, 0.4) is 0 Å². The predicted octanol–water partition coefficient (Wildman–Crippen LogP) is 6.12. The maximum Gasteiger partial charge on any atom is 0.305 e. The summed E-state index contributed by atoms with van der Waals surface area (Å²) in [4.78, 5) is 41.2. The Morgan fingerprint density at radius 3 is 1.62 bits per heavy atom. The number of unbranched alkanes of at least 4 members (excludes halogenated alkanes) is 2. The summed E-state index contributed by atoms with van der Waals surface area (Å²) in [5.74, 6) is 0.341. The number of non-ortho nitro benzene ring substituents is 2. The molecule has 2 rings (SSSR count). The first kappa shape index (κ1) is 35.3. The largest absolute Gasteiger partial charge is 0.508 e. The lowest BCUT2D eigenvalue weighted by Gasteiger charge is -2.05. The molecule has 216 valence electrons. The van der Waals surface area contributed by atoms with Crippen LogP contribution in [-0.2, 0) is 19.1 Å². The van der Waals surface area contributed by atoms with Crippen LogP contribution in [0.4, 0.5) is 11.4 Å². The van der Waals surface area contributed by atoms with E-state index in [9.17, 15) is 29.8 Å². The van der Waals surface area contributed by atoms with Gasteiger partial charge in [-0.3, -0.25) is 29.8 Å². The topological polar surface area (TPSA) is 168 Å². The van der Waals surface area contributed by atoms with Crippen LogP contribution in [0.15, 0.2) is 48.5 Å². The molecule has 1 N–H and O–H groups in total. The second kappa shape index (κ2) is 22.3. The number of nitro benzene ring substituents is 2. The molecule has 0 aliphatic rings. The standard InChI is InChI=1S/C13H17NO5.C7H13BrO2.C6H5NO3/c1-2-18-13(15)5-3-4-10-19-12-8-6-11(7-9-12)14(16)17;1-2-10-7(9)5-3-4-6-8;8-6-3-1-5(2-4-6)7(9)10/h6-9H,2-5,10H2,1H3;2-6H2,1H3;1-4,8H. The van der Waals surface area contributed by atoms with E-state index in [1.807, 2.05) is 6.92 Å². The Labute approximate surface area is 235 Å². The lowest BCUT2D eigenvalue weighted by Crippen LogP contribution is -2.05. The van der Waals surface area contributed by atoms with E-state index in [1.54, 1.807) is 19.1 Å². The number of carbonyl (C=O) groups is 2. The van der Waals surface area contributed by atoms with Gasteiger partial charge in [-0.1, -0.05) is 15.9 Å². The minimum absolute atomic E-state index is 0.0159. The summed E-state index contributed by atoms with van der Waals surface area (Å²) >= 11 is 3.29. The average molecular weight is 615 g/mol. The molecule has 2 aromatic carbocycles. The van der Waals surface area contributed by atoms with Crippen molar-refractivity contribution in [1.29, 1.82) is 0 Å². The first-order valence-corrected chi connectivity index (χ1v) is 13.4. The highest BCUT2D eigenvalue weighted by molar-refractivity contribution is 9.09. The molecule has 0 heterocycles. The third kappa shape index (κ3) is 19.1. The molecule has 2 aromatic rings. The zero-order valence-electron chi connectivity index (χ0n) is 22.1. The fourth-order valence-electron chi connectivity index (χ4n) is 2.63. The van der Waals surface area contributed by atoms with E-state index in [0.29, 0.717) is 44.8 Å². The van der Waals surface area contributed by atoms with Gasteiger partial charge in [0, 0.05) is 42.4 Å². The van der Waals surface area contributed by atoms with E-state index >= 15 is 0 Å². The van der Waals surface area contributed by atoms with Gasteiger partial charge in [-0.15, -0.1) is 0 Å². The van der Waals surface area contributed by atoms with Gasteiger partial charge in [-0.2, -0.15) is 0 Å². The molecule has 0 atom stereocenters. The van der Waals surface area contributed by atoms with Gasteiger partial charge in [0.15, 0.2) is 0 Å². The number of ether oxygens (including phenoxy) is 3. The minimum atomic E-state index is -0.514. The Morgan fingerprint density at radius 2 is 1.21 bits per heavy atom. The van der Waals surface area contributed by atoms with E-state index in [2.05, 4.69) is 15.9 Å². The van der Waals surface area contributed by atoms with Crippen LogP contribution in [0.1, 0.15) is 52.4 Å². The Balaban J connectivity index is 0.000000610. The lowest BCUT2D eigenvalue weighted by molar-refractivity contribution is -0.385. The number of hydrogen-bond acceptors (Lipinski definition) is 10. The van der Waals surface area contributed by atoms with Crippen molar-refractivity contribution in [1.82, 2.24) is 0 Å². The van der Waals surface area contributed by atoms with E-state index in [1.165, 1.54) is 36.4 Å². The quantitative estimate of drug-likeness (QED) is 0.0859. The molecule has 0 bridgehead atoms. The van der Waals surface area contributed by atoms with Gasteiger partial charge in [0.25, 0.3) is 11.4 Å². The molecule has 0 saturated carbocycles. The SMILES string of the molecule is CCOC(=O)CCCCBr.CCOC(=O)CCCCOc1ccc([N+](=O)[O-])cc1.O=[N+]([O-])c1ccc(O)cc1. The smallest absolute Gasteiger partial charge is 0.305 e. The zero-order chi connectivity index (χ0) is 29.5. The van der Waals surface area contributed by atoms with Gasteiger partial charge >= 0.3 is 11.9 Å². The number of benzene rings is 2. The van der Waals surface area contributed by atoms with Crippen LogP contribution in [-0.4, -0.2) is 52.0 Å². The zero-order valence-corrected chi connectivity index (χ0v) is 23.7. The fourth-order valence-corrected chi connectivity index (χ4v) is 3.03. The summed E-state index contributed by atoms with van der Waals surface area (Å²) in [6.07, 6.45) is 4.33. The van der Waals surface area contributed by atoms with E-state index < -0.39 is 9.85 Å². The van der Waals surface area contributed by atoms with Crippen molar-refractivity contribution in [2.45, 2.75) is 52.4 Å². The second-order valence-electron chi connectivity index (χ2n) is 7.59. The number of nitro groups is 2. The van der Waals surface area contributed by atoms with E-state index in [4.69, 9.17) is 19.3 Å². The van der Waals surface area contributed by atoms with E-state index in [0.717, 1.165) is 24.6 Å². The van der Waals surface area contributed by atoms with Gasteiger partial charge in [0.2, 0.25) is 0 Å². The summed E-state index contributed by atoms with van der Waals surface area (Å²) in [5.41, 5.74) is 0.0208. The molecule has 0 fully saturated rings. The first-order chi connectivity index (χ1) is 18.6. The Hall–Kier alpha value is -3.74. The highest BCUT2D eigenvalue weighted by Crippen LogP contribution is 2.17. The molecule has 0 radical (unpaired) electrons. The lowest BCUT2D eigenvalue weighted by atomic mass is 10.2. The average Bonchev–Trinajstić information content (AvgIpc) is 2.90. The van der Waals surface area contributed by atoms with Crippen LogP contribution < -0.4 is 4.74 Å². The second-order valence-corrected chi connectivity index (χ2v) is 8.38.